The molecule has 2 aromatic heterocycles. The van der Waals surface area contributed by atoms with Crippen LogP contribution in [0.4, 0.5) is 0 Å². The summed E-state index contributed by atoms with van der Waals surface area (Å²) in [6.45, 7) is 0. The molecule has 4 aromatic rings. The predicted octanol–water partition coefficient (Wildman–Crippen LogP) is 4.65. The van der Waals surface area contributed by atoms with E-state index in [0.717, 1.165) is 11.1 Å². The van der Waals surface area contributed by atoms with Crippen LogP contribution in [0.5, 0.6) is 5.75 Å². The summed E-state index contributed by atoms with van der Waals surface area (Å²) in [5.74, 6) is -0.335. The van der Waals surface area contributed by atoms with E-state index in [0.29, 0.717) is 33.2 Å². The Balaban J connectivity index is 1.91. The fraction of sp³-hybridized carbons (Fsp3) is 0.0500. The molecule has 7 heteroatoms. The topological polar surface area (TPSA) is 88.1 Å². The van der Waals surface area contributed by atoms with Gasteiger partial charge >= 0.3 is 5.97 Å². The molecule has 0 bridgehead atoms. The summed E-state index contributed by atoms with van der Waals surface area (Å²) in [5.41, 5.74) is 3.14. The summed E-state index contributed by atoms with van der Waals surface area (Å²) >= 11 is 5.93. The van der Waals surface area contributed by atoms with E-state index in [1.54, 1.807) is 49.6 Å². The van der Waals surface area contributed by atoms with Crippen LogP contribution in [0.25, 0.3) is 33.5 Å². The molecule has 0 saturated carbocycles. The molecule has 0 amide bonds. The van der Waals surface area contributed by atoms with Crippen LogP contribution >= 0.6 is 11.6 Å². The summed E-state index contributed by atoms with van der Waals surface area (Å²) in [7, 11) is 1.59. The summed E-state index contributed by atoms with van der Waals surface area (Å²) in [6, 6.07) is 15.9. The van der Waals surface area contributed by atoms with Gasteiger partial charge in [0.2, 0.25) is 0 Å². The largest absolute Gasteiger partial charge is 0.497 e. The van der Waals surface area contributed by atoms with E-state index < -0.39 is 5.97 Å². The third kappa shape index (κ3) is 3.11. The predicted molar refractivity (Wildman–Crippen MR) is 103 cm³/mol. The van der Waals surface area contributed by atoms with Crippen LogP contribution in [0.2, 0.25) is 5.02 Å². The number of carbonyl (C=O) groups is 1. The lowest BCUT2D eigenvalue weighted by Gasteiger charge is -2.06. The highest BCUT2D eigenvalue weighted by Gasteiger charge is 2.19. The molecule has 0 aliphatic carbocycles. The van der Waals surface area contributed by atoms with Gasteiger partial charge in [-0.3, -0.25) is 5.10 Å². The molecule has 134 valence electrons. The molecule has 0 aliphatic heterocycles. The number of pyridine rings is 1. The number of halogens is 1. The number of nitrogens with zero attached hydrogens (tertiary/aromatic N) is 2. The molecule has 0 spiro atoms. The second kappa shape index (κ2) is 6.74. The van der Waals surface area contributed by atoms with Crippen molar-refractivity contribution in [3.63, 3.8) is 0 Å². The van der Waals surface area contributed by atoms with E-state index in [1.165, 1.54) is 0 Å². The fourth-order valence-corrected chi connectivity index (χ4v) is 3.05. The first kappa shape index (κ1) is 17.1. The molecular formula is C20H14ClN3O3. The van der Waals surface area contributed by atoms with Gasteiger partial charge in [-0.25, -0.2) is 9.78 Å². The van der Waals surface area contributed by atoms with Crippen molar-refractivity contribution in [2.75, 3.05) is 7.11 Å². The number of benzene rings is 2. The van der Waals surface area contributed by atoms with Crippen LogP contribution < -0.4 is 4.74 Å². The van der Waals surface area contributed by atoms with E-state index in [-0.39, 0.29) is 5.56 Å². The Morgan fingerprint density at radius 1 is 1.07 bits per heavy atom. The number of carboxylic acids is 1. The van der Waals surface area contributed by atoms with E-state index >= 15 is 0 Å². The third-order valence-corrected chi connectivity index (χ3v) is 4.53. The maximum Gasteiger partial charge on any atom is 0.336 e. The van der Waals surface area contributed by atoms with Crippen molar-refractivity contribution in [2.24, 2.45) is 0 Å². The molecule has 6 nitrogen and oxygen atoms in total. The van der Waals surface area contributed by atoms with Crippen LogP contribution in [0.15, 0.2) is 54.6 Å². The number of rotatable bonds is 4. The standard InChI is InChI=1S/C20H14ClN3O3/c1-27-14-8-4-12(5-9-14)18-17-15(20(25)26)10-16(22-19(17)24-23-18)11-2-6-13(21)7-3-11/h2-10H,1H3,(H,25,26)(H,22,23,24). The number of nitrogens with one attached hydrogen (secondary N) is 1. The third-order valence-electron chi connectivity index (χ3n) is 4.27. The molecule has 0 fully saturated rings. The maximum atomic E-state index is 11.9. The van der Waals surface area contributed by atoms with Gasteiger partial charge in [0.05, 0.1) is 29.4 Å². The molecule has 0 radical (unpaired) electrons. The minimum atomic E-state index is -1.05. The van der Waals surface area contributed by atoms with Crippen molar-refractivity contribution in [1.82, 2.24) is 15.2 Å². The molecule has 0 aliphatic rings. The summed E-state index contributed by atoms with van der Waals surface area (Å²) in [5, 5.41) is 18.0. The second-order valence-corrected chi connectivity index (χ2v) is 6.33. The smallest absolute Gasteiger partial charge is 0.336 e. The number of hydrogen-bond acceptors (Lipinski definition) is 4. The van der Waals surface area contributed by atoms with Crippen molar-refractivity contribution in [3.8, 4) is 28.3 Å². The molecule has 0 unspecified atom stereocenters. The van der Waals surface area contributed by atoms with Crippen LogP contribution in [0.3, 0.4) is 0 Å². The van der Waals surface area contributed by atoms with Gasteiger partial charge in [-0.1, -0.05) is 23.7 Å². The average molecular weight is 380 g/mol. The Kier molecular flexibility index (Phi) is 4.25. The first-order valence-electron chi connectivity index (χ1n) is 8.09. The van der Waals surface area contributed by atoms with Crippen LogP contribution in [0.1, 0.15) is 10.4 Å². The van der Waals surface area contributed by atoms with Crippen molar-refractivity contribution < 1.29 is 14.6 Å². The summed E-state index contributed by atoms with van der Waals surface area (Å²) < 4.78 is 5.17. The number of aromatic carboxylic acids is 1. The molecule has 0 atom stereocenters. The van der Waals surface area contributed by atoms with Crippen molar-refractivity contribution in [2.45, 2.75) is 0 Å². The number of ether oxygens (including phenoxy) is 1. The lowest BCUT2D eigenvalue weighted by molar-refractivity contribution is 0.0699. The highest BCUT2D eigenvalue weighted by molar-refractivity contribution is 6.30. The quantitative estimate of drug-likeness (QED) is 0.538. The van der Waals surface area contributed by atoms with Gasteiger partial charge in [-0.15, -0.1) is 0 Å². The molecule has 2 N–H and O–H groups in total. The van der Waals surface area contributed by atoms with E-state index in [4.69, 9.17) is 16.3 Å². The van der Waals surface area contributed by atoms with Gasteiger partial charge in [-0.2, -0.15) is 5.10 Å². The minimum absolute atomic E-state index is 0.129. The van der Waals surface area contributed by atoms with Crippen LogP contribution in [0, 0.1) is 0 Å². The van der Waals surface area contributed by atoms with Crippen LogP contribution in [-0.4, -0.2) is 33.4 Å². The molecule has 4 rings (SSSR count). The van der Waals surface area contributed by atoms with Crippen molar-refractivity contribution >= 4 is 28.6 Å². The first-order valence-corrected chi connectivity index (χ1v) is 8.47. The Hall–Kier alpha value is -3.38. The number of H-pyrrole nitrogens is 1. The molecular weight excluding hydrogens is 366 g/mol. The van der Waals surface area contributed by atoms with Gasteiger partial charge in [0.1, 0.15) is 5.75 Å². The number of methoxy groups -OCH3 is 1. The van der Waals surface area contributed by atoms with Crippen LogP contribution in [-0.2, 0) is 0 Å². The molecule has 2 heterocycles. The summed E-state index contributed by atoms with van der Waals surface area (Å²) in [4.78, 5) is 16.4. The lowest BCUT2D eigenvalue weighted by atomic mass is 10.0. The molecule has 27 heavy (non-hydrogen) atoms. The second-order valence-electron chi connectivity index (χ2n) is 5.89. The zero-order valence-electron chi connectivity index (χ0n) is 14.2. The number of fused-ring (bicyclic) bond motifs is 1. The number of aromatic amines is 1. The van der Waals surface area contributed by atoms with E-state index in [1.807, 2.05) is 12.1 Å². The molecule has 0 saturated heterocycles. The number of hydrogen-bond donors (Lipinski definition) is 2. The van der Waals surface area contributed by atoms with Gasteiger partial charge in [0, 0.05) is 16.1 Å². The normalized spacial score (nSPS) is 10.9. The van der Waals surface area contributed by atoms with Crippen molar-refractivity contribution in [1.29, 1.82) is 0 Å². The van der Waals surface area contributed by atoms with E-state index in [2.05, 4.69) is 15.2 Å². The van der Waals surface area contributed by atoms with E-state index in [9.17, 15) is 9.90 Å². The first-order chi connectivity index (χ1) is 13.1. The van der Waals surface area contributed by atoms with Gasteiger partial charge in [0.25, 0.3) is 0 Å². The van der Waals surface area contributed by atoms with Crippen molar-refractivity contribution in [3.05, 3.63) is 65.2 Å². The Labute approximate surface area is 159 Å². The Bertz CT molecular complexity index is 1140. The average Bonchev–Trinajstić information content (AvgIpc) is 3.11. The minimum Gasteiger partial charge on any atom is -0.497 e. The zero-order chi connectivity index (χ0) is 19.0. The number of aromatic nitrogens is 3. The lowest BCUT2D eigenvalue weighted by Crippen LogP contribution is -2.00. The fourth-order valence-electron chi connectivity index (χ4n) is 2.93. The van der Waals surface area contributed by atoms with Gasteiger partial charge in [-0.05, 0) is 42.5 Å². The Morgan fingerprint density at radius 3 is 2.37 bits per heavy atom. The Morgan fingerprint density at radius 2 is 1.74 bits per heavy atom. The monoisotopic (exact) mass is 379 g/mol. The highest BCUT2D eigenvalue weighted by Crippen LogP contribution is 2.32. The zero-order valence-corrected chi connectivity index (χ0v) is 15.0. The SMILES string of the molecule is COc1ccc(-c2[nH]nc3nc(-c4ccc(Cl)cc4)cc(C(=O)O)c23)cc1. The summed E-state index contributed by atoms with van der Waals surface area (Å²) in [6.07, 6.45) is 0. The molecule has 2 aromatic carbocycles. The number of carboxylic acid groups (broad SMARTS) is 1. The van der Waals surface area contributed by atoms with Gasteiger partial charge in [0.15, 0.2) is 5.65 Å². The van der Waals surface area contributed by atoms with Gasteiger partial charge < -0.3 is 9.84 Å². The highest BCUT2D eigenvalue weighted by atomic mass is 35.5. The maximum absolute atomic E-state index is 11.9.